The van der Waals surface area contributed by atoms with Crippen LogP contribution >= 0.6 is 0 Å². The summed E-state index contributed by atoms with van der Waals surface area (Å²) in [6.45, 7) is 1.97. The van der Waals surface area contributed by atoms with Gasteiger partial charge in [0.2, 0.25) is 11.8 Å². The molecule has 2 aromatic rings. The first kappa shape index (κ1) is 18.7. The van der Waals surface area contributed by atoms with Gasteiger partial charge in [0.15, 0.2) is 0 Å². The Kier molecular flexibility index (Phi) is 5.90. The van der Waals surface area contributed by atoms with Crippen molar-refractivity contribution in [2.24, 2.45) is 7.05 Å². The predicted molar refractivity (Wildman–Crippen MR) is 101 cm³/mol. The number of rotatable bonds is 5. The van der Waals surface area contributed by atoms with Crippen LogP contribution in [-0.2, 0) is 23.1 Å². The highest BCUT2D eigenvalue weighted by Crippen LogP contribution is 2.08. The maximum Gasteiger partial charge on any atom is 0.251 e. The monoisotopic (exact) mass is 368 g/mol. The molecule has 1 N–H and O–H groups in total. The van der Waals surface area contributed by atoms with Crippen molar-refractivity contribution in [1.82, 2.24) is 19.7 Å². The van der Waals surface area contributed by atoms with E-state index in [2.05, 4.69) is 5.32 Å². The zero-order valence-corrected chi connectivity index (χ0v) is 15.4. The van der Waals surface area contributed by atoms with Gasteiger partial charge in [0.1, 0.15) is 0 Å². The number of amides is 3. The molecule has 0 aliphatic carbocycles. The van der Waals surface area contributed by atoms with Crippen molar-refractivity contribution in [2.45, 2.75) is 6.42 Å². The van der Waals surface area contributed by atoms with E-state index in [4.69, 9.17) is 0 Å². The summed E-state index contributed by atoms with van der Waals surface area (Å²) < 4.78 is 1.92. The predicted octanol–water partition coefficient (Wildman–Crippen LogP) is 0.668. The zero-order valence-electron chi connectivity index (χ0n) is 15.4. The minimum Gasteiger partial charge on any atom is -0.357 e. The fraction of sp³-hybridized carbons (Fsp3) is 0.350. The van der Waals surface area contributed by atoms with Gasteiger partial charge in [-0.15, -0.1) is 0 Å². The molecule has 1 aromatic heterocycles. The Morgan fingerprint density at radius 2 is 1.56 bits per heavy atom. The Balaban J connectivity index is 1.42. The van der Waals surface area contributed by atoms with Crippen LogP contribution in [0.4, 0.5) is 0 Å². The molecule has 1 aromatic carbocycles. The maximum atomic E-state index is 12.4. The fourth-order valence-corrected chi connectivity index (χ4v) is 3.12. The lowest BCUT2D eigenvalue weighted by atomic mass is 10.2. The number of benzene rings is 1. The number of carbonyl (C=O) groups is 3. The molecule has 1 aliphatic rings. The number of piperazine rings is 1. The number of nitrogens with one attached hydrogen (secondary N) is 1. The van der Waals surface area contributed by atoms with Gasteiger partial charge in [-0.3, -0.25) is 14.4 Å². The van der Waals surface area contributed by atoms with Crippen LogP contribution in [0.3, 0.4) is 0 Å². The summed E-state index contributed by atoms with van der Waals surface area (Å²) in [5.41, 5.74) is 1.52. The van der Waals surface area contributed by atoms with Crippen LogP contribution in [0.15, 0.2) is 48.8 Å². The summed E-state index contributed by atoms with van der Waals surface area (Å²) in [4.78, 5) is 40.2. The van der Waals surface area contributed by atoms with Crippen LogP contribution in [0.2, 0.25) is 0 Å². The maximum absolute atomic E-state index is 12.4. The second-order valence-electron chi connectivity index (χ2n) is 6.67. The van der Waals surface area contributed by atoms with Gasteiger partial charge in [0, 0.05) is 51.2 Å². The highest BCUT2D eigenvalue weighted by atomic mass is 16.2. The molecule has 27 heavy (non-hydrogen) atoms. The Morgan fingerprint density at radius 3 is 2.15 bits per heavy atom. The van der Waals surface area contributed by atoms with E-state index in [1.165, 1.54) is 0 Å². The Labute approximate surface area is 158 Å². The largest absolute Gasteiger partial charge is 0.357 e. The summed E-state index contributed by atoms with van der Waals surface area (Å²) in [5.74, 6) is -0.319. The Morgan fingerprint density at radius 1 is 0.926 bits per heavy atom. The highest BCUT2D eigenvalue weighted by Gasteiger charge is 2.24. The lowest BCUT2D eigenvalue weighted by Gasteiger charge is -2.34. The number of aromatic nitrogens is 1. The first-order valence-electron chi connectivity index (χ1n) is 9.02. The van der Waals surface area contributed by atoms with Gasteiger partial charge in [-0.25, -0.2) is 0 Å². The van der Waals surface area contributed by atoms with E-state index in [1.807, 2.05) is 36.1 Å². The number of aryl methyl sites for hydroxylation is 1. The van der Waals surface area contributed by atoms with E-state index in [9.17, 15) is 14.4 Å². The van der Waals surface area contributed by atoms with Gasteiger partial charge in [-0.1, -0.05) is 18.2 Å². The summed E-state index contributed by atoms with van der Waals surface area (Å²) in [7, 11) is 1.93. The summed E-state index contributed by atoms with van der Waals surface area (Å²) in [6, 6.07) is 10.7. The Bertz CT molecular complexity index is 808. The molecule has 0 saturated carbocycles. The van der Waals surface area contributed by atoms with Crippen molar-refractivity contribution >= 4 is 17.7 Å². The zero-order chi connectivity index (χ0) is 19.2. The highest BCUT2D eigenvalue weighted by molar-refractivity contribution is 5.96. The molecule has 3 amide bonds. The first-order valence-corrected chi connectivity index (χ1v) is 9.02. The van der Waals surface area contributed by atoms with Gasteiger partial charge in [0.05, 0.1) is 13.0 Å². The molecular formula is C20H24N4O3. The molecule has 0 unspecified atom stereocenters. The smallest absolute Gasteiger partial charge is 0.251 e. The van der Waals surface area contributed by atoms with Crippen LogP contribution in [0.25, 0.3) is 0 Å². The Hall–Kier alpha value is -3.09. The van der Waals surface area contributed by atoms with Crippen LogP contribution < -0.4 is 5.32 Å². The molecule has 1 aliphatic heterocycles. The van der Waals surface area contributed by atoms with Gasteiger partial charge in [0.25, 0.3) is 5.91 Å². The second-order valence-corrected chi connectivity index (χ2v) is 6.67. The molecule has 3 rings (SSSR count). The molecule has 1 saturated heterocycles. The molecule has 0 radical (unpaired) electrons. The van der Waals surface area contributed by atoms with Crippen LogP contribution in [0, 0.1) is 0 Å². The number of hydrogen-bond acceptors (Lipinski definition) is 3. The second kappa shape index (κ2) is 8.53. The molecule has 7 heteroatoms. The van der Waals surface area contributed by atoms with E-state index in [0.717, 1.165) is 5.56 Å². The van der Waals surface area contributed by atoms with Crippen molar-refractivity contribution in [3.05, 3.63) is 59.9 Å². The van der Waals surface area contributed by atoms with Gasteiger partial charge >= 0.3 is 0 Å². The molecular weight excluding hydrogens is 344 g/mol. The van der Waals surface area contributed by atoms with E-state index < -0.39 is 0 Å². The van der Waals surface area contributed by atoms with Crippen molar-refractivity contribution in [3.63, 3.8) is 0 Å². The van der Waals surface area contributed by atoms with Gasteiger partial charge in [-0.05, 0) is 23.8 Å². The van der Waals surface area contributed by atoms with Crippen LogP contribution in [0.5, 0.6) is 0 Å². The topological polar surface area (TPSA) is 74.7 Å². The molecule has 0 bridgehead atoms. The third-order valence-electron chi connectivity index (χ3n) is 4.67. The number of nitrogens with zero attached hydrogens (tertiary/aromatic N) is 3. The number of carbonyl (C=O) groups excluding carboxylic acids is 3. The molecule has 0 atom stereocenters. The quantitative estimate of drug-likeness (QED) is 0.843. The average Bonchev–Trinajstić information content (AvgIpc) is 3.11. The van der Waals surface area contributed by atoms with Crippen molar-refractivity contribution in [2.75, 3.05) is 32.7 Å². The van der Waals surface area contributed by atoms with Crippen molar-refractivity contribution < 1.29 is 14.4 Å². The minimum atomic E-state index is -0.263. The molecule has 1 fully saturated rings. The van der Waals surface area contributed by atoms with E-state index in [1.54, 1.807) is 34.1 Å². The molecule has 2 heterocycles. The van der Waals surface area contributed by atoms with E-state index in [0.29, 0.717) is 38.2 Å². The van der Waals surface area contributed by atoms with Crippen LogP contribution in [-0.4, -0.2) is 64.8 Å². The third kappa shape index (κ3) is 4.97. The summed E-state index contributed by atoms with van der Waals surface area (Å²) in [6.07, 6.45) is 4.23. The summed E-state index contributed by atoms with van der Waals surface area (Å²) >= 11 is 0. The van der Waals surface area contributed by atoms with Crippen LogP contribution in [0.1, 0.15) is 15.9 Å². The standard InChI is InChI=1S/C20H24N4O3/c1-22-8-7-16(15-22)13-18(25)23-9-11-24(12-10-23)19(26)14-21-20(27)17-5-3-2-4-6-17/h2-8,15H,9-14H2,1H3,(H,21,27). The first-order chi connectivity index (χ1) is 13.0. The van der Waals surface area contributed by atoms with E-state index >= 15 is 0 Å². The van der Waals surface area contributed by atoms with E-state index in [-0.39, 0.29) is 24.3 Å². The molecule has 0 spiro atoms. The lowest BCUT2D eigenvalue weighted by Crippen LogP contribution is -2.52. The average molecular weight is 368 g/mol. The SMILES string of the molecule is Cn1ccc(CC(=O)N2CCN(C(=O)CNC(=O)c3ccccc3)CC2)c1. The number of hydrogen-bond donors (Lipinski definition) is 1. The van der Waals surface area contributed by atoms with Gasteiger partial charge < -0.3 is 19.7 Å². The van der Waals surface area contributed by atoms with Crippen molar-refractivity contribution in [3.8, 4) is 0 Å². The normalized spacial score (nSPS) is 14.1. The molecule has 142 valence electrons. The molecule has 7 nitrogen and oxygen atoms in total. The summed E-state index contributed by atoms with van der Waals surface area (Å²) in [5, 5.41) is 2.65. The third-order valence-corrected chi connectivity index (χ3v) is 4.67. The minimum absolute atomic E-state index is 0.0360. The van der Waals surface area contributed by atoms with Crippen molar-refractivity contribution in [1.29, 1.82) is 0 Å². The lowest BCUT2D eigenvalue weighted by molar-refractivity contribution is -0.138. The van der Waals surface area contributed by atoms with Gasteiger partial charge in [-0.2, -0.15) is 0 Å². The fourth-order valence-electron chi connectivity index (χ4n) is 3.12.